The number of esters is 1. The maximum Gasteiger partial charge on any atom is 0.339 e. The zero-order chi connectivity index (χ0) is 14.6. The van der Waals surface area contributed by atoms with Gasteiger partial charge in [-0.15, -0.1) is 0 Å². The van der Waals surface area contributed by atoms with E-state index in [2.05, 4.69) is 10.1 Å². The molecule has 5 heteroatoms. The summed E-state index contributed by atoms with van der Waals surface area (Å²) < 4.78 is 4.65. The lowest BCUT2D eigenvalue weighted by Gasteiger charge is -2.14. The summed E-state index contributed by atoms with van der Waals surface area (Å²) in [6, 6.07) is 4.65. The number of rotatable bonds is 4. The molecule has 1 aromatic carbocycles. The summed E-state index contributed by atoms with van der Waals surface area (Å²) in [5.74, 6) is -1.35. The van der Waals surface area contributed by atoms with E-state index >= 15 is 0 Å². The first kappa shape index (κ1) is 14.9. The van der Waals surface area contributed by atoms with E-state index in [1.807, 2.05) is 0 Å². The van der Waals surface area contributed by atoms with Gasteiger partial charge in [0.05, 0.1) is 18.4 Å². The van der Waals surface area contributed by atoms with Crippen LogP contribution in [-0.4, -0.2) is 24.8 Å². The van der Waals surface area contributed by atoms with Crippen LogP contribution >= 0.6 is 0 Å². The Kier molecular flexibility index (Phi) is 4.80. The van der Waals surface area contributed by atoms with Crippen LogP contribution in [0.15, 0.2) is 18.2 Å². The van der Waals surface area contributed by atoms with Crippen molar-refractivity contribution in [2.45, 2.75) is 20.8 Å². The van der Waals surface area contributed by atoms with Crippen molar-refractivity contribution < 1.29 is 19.1 Å². The van der Waals surface area contributed by atoms with E-state index in [4.69, 9.17) is 0 Å². The summed E-state index contributed by atoms with van der Waals surface area (Å²) in [5.41, 5.74) is 0.668. The third kappa shape index (κ3) is 3.40. The fourth-order valence-corrected chi connectivity index (χ4v) is 1.53. The first-order chi connectivity index (χ1) is 8.88. The van der Waals surface area contributed by atoms with Crippen molar-refractivity contribution in [3.8, 4) is 0 Å². The number of hydrogen-bond acceptors (Lipinski definition) is 4. The van der Waals surface area contributed by atoms with Crippen molar-refractivity contribution in [3.05, 3.63) is 29.3 Å². The largest absolute Gasteiger partial charge is 0.465 e. The quantitative estimate of drug-likeness (QED) is 0.668. The molecule has 0 fully saturated rings. The zero-order valence-corrected chi connectivity index (χ0v) is 11.4. The predicted octanol–water partition coefficient (Wildman–Crippen LogP) is 2.27. The monoisotopic (exact) mass is 263 g/mol. The molecule has 0 saturated carbocycles. The Hall–Kier alpha value is -2.17. The molecule has 1 rings (SSSR count). The highest BCUT2D eigenvalue weighted by Crippen LogP contribution is 2.23. The molecule has 1 amide bonds. The number of hydrogen-bond donors (Lipinski definition) is 1. The highest BCUT2D eigenvalue weighted by molar-refractivity contribution is 6.10. The van der Waals surface area contributed by atoms with E-state index in [1.54, 1.807) is 26.0 Å². The third-order valence-electron chi connectivity index (χ3n) is 2.62. The Balaban J connectivity index is 3.33. The maximum absolute atomic E-state index is 11.8. The van der Waals surface area contributed by atoms with Crippen LogP contribution in [-0.2, 0) is 9.53 Å². The van der Waals surface area contributed by atoms with Crippen molar-refractivity contribution in [2.75, 3.05) is 12.4 Å². The topological polar surface area (TPSA) is 72.5 Å². The predicted molar refractivity (Wildman–Crippen MR) is 71.3 cm³/mol. The number of Topliss-reactive ketones (excluding diaryl/α,β-unsaturated/α-hetero) is 1. The van der Waals surface area contributed by atoms with Crippen LogP contribution in [0.3, 0.4) is 0 Å². The molecule has 0 saturated heterocycles. The maximum atomic E-state index is 11.8. The summed E-state index contributed by atoms with van der Waals surface area (Å²) >= 11 is 0. The molecule has 0 aliphatic rings. The molecule has 19 heavy (non-hydrogen) atoms. The minimum Gasteiger partial charge on any atom is -0.465 e. The molecule has 5 nitrogen and oxygen atoms in total. The summed E-state index contributed by atoms with van der Waals surface area (Å²) in [6.07, 6.45) is 0. The van der Waals surface area contributed by atoms with Gasteiger partial charge in [-0.1, -0.05) is 19.9 Å². The number of carbonyl (C=O) groups is 3. The van der Waals surface area contributed by atoms with Crippen LogP contribution in [0.1, 0.15) is 41.5 Å². The summed E-state index contributed by atoms with van der Waals surface area (Å²) in [6.45, 7) is 4.83. The molecule has 0 heterocycles. The molecule has 0 aliphatic heterocycles. The molecule has 1 aromatic rings. The SMILES string of the molecule is COC(=O)c1cccc(C(C)=O)c1NC(=O)C(C)C. The number of anilines is 1. The Labute approximate surface area is 111 Å². The number of benzene rings is 1. The lowest BCUT2D eigenvalue weighted by molar-refractivity contribution is -0.118. The van der Waals surface area contributed by atoms with Gasteiger partial charge in [-0.2, -0.15) is 0 Å². The molecule has 0 aromatic heterocycles. The van der Waals surface area contributed by atoms with Crippen LogP contribution < -0.4 is 5.32 Å². The summed E-state index contributed by atoms with van der Waals surface area (Å²) in [5, 5.41) is 2.61. The van der Waals surface area contributed by atoms with Crippen LogP contribution in [0.4, 0.5) is 5.69 Å². The molecular weight excluding hydrogens is 246 g/mol. The number of para-hydroxylation sites is 1. The van der Waals surface area contributed by atoms with Gasteiger partial charge in [0.1, 0.15) is 0 Å². The fraction of sp³-hybridized carbons (Fsp3) is 0.357. The van der Waals surface area contributed by atoms with Gasteiger partial charge < -0.3 is 10.1 Å². The second-order valence-corrected chi connectivity index (χ2v) is 4.42. The van der Waals surface area contributed by atoms with Crippen LogP contribution in [0.2, 0.25) is 0 Å². The number of amides is 1. The van der Waals surface area contributed by atoms with Crippen LogP contribution in [0.5, 0.6) is 0 Å². The number of carbonyl (C=O) groups excluding carboxylic acids is 3. The molecule has 1 N–H and O–H groups in total. The second-order valence-electron chi connectivity index (χ2n) is 4.42. The van der Waals surface area contributed by atoms with Crippen molar-refractivity contribution in [1.82, 2.24) is 0 Å². The summed E-state index contributed by atoms with van der Waals surface area (Å²) in [7, 11) is 1.25. The van der Waals surface area contributed by atoms with Gasteiger partial charge in [-0.05, 0) is 19.1 Å². The zero-order valence-electron chi connectivity index (χ0n) is 11.4. The fourth-order valence-electron chi connectivity index (χ4n) is 1.53. The van der Waals surface area contributed by atoms with Crippen molar-refractivity contribution in [2.24, 2.45) is 5.92 Å². The van der Waals surface area contributed by atoms with Crippen molar-refractivity contribution in [1.29, 1.82) is 0 Å². The first-order valence-electron chi connectivity index (χ1n) is 5.91. The van der Waals surface area contributed by atoms with E-state index in [1.165, 1.54) is 20.1 Å². The van der Waals surface area contributed by atoms with Gasteiger partial charge in [-0.25, -0.2) is 4.79 Å². The normalized spacial score (nSPS) is 10.2. The lowest BCUT2D eigenvalue weighted by atomic mass is 10.0. The smallest absolute Gasteiger partial charge is 0.339 e. The van der Waals surface area contributed by atoms with Crippen molar-refractivity contribution in [3.63, 3.8) is 0 Å². The number of nitrogens with one attached hydrogen (secondary N) is 1. The van der Waals surface area contributed by atoms with Crippen LogP contribution in [0, 0.1) is 5.92 Å². The third-order valence-corrected chi connectivity index (χ3v) is 2.62. The minimum absolute atomic E-state index is 0.171. The standard InChI is InChI=1S/C14H17NO4/c1-8(2)13(17)15-12-10(9(3)16)6-5-7-11(12)14(18)19-4/h5-8H,1-4H3,(H,15,17). The van der Waals surface area contributed by atoms with E-state index in [9.17, 15) is 14.4 Å². The van der Waals surface area contributed by atoms with E-state index < -0.39 is 5.97 Å². The van der Waals surface area contributed by atoms with E-state index in [0.29, 0.717) is 0 Å². The van der Waals surface area contributed by atoms with Crippen molar-refractivity contribution >= 4 is 23.3 Å². The van der Waals surface area contributed by atoms with Gasteiger partial charge in [0.2, 0.25) is 5.91 Å². The van der Waals surface area contributed by atoms with E-state index in [-0.39, 0.29) is 34.4 Å². The first-order valence-corrected chi connectivity index (χ1v) is 5.91. The van der Waals surface area contributed by atoms with Gasteiger partial charge in [-0.3, -0.25) is 9.59 Å². The molecular formula is C14H17NO4. The van der Waals surface area contributed by atoms with E-state index in [0.717, 1.165) is 0 Å². The summed E-state index contributed by atoms with van der Waals surface area (Å²) in [4.78, 5) is 35.0. The van der Waals surface area contributed by atoms with Gasteiger partial charge in [0.15, 0.2) is 5.78 Å². The minimum atomic E-state index is -0.595. The molecule has 102 valence electrons. The molecule has 0 radical (unpaired) electrons. The molecule has 0 bridgehead atoms. The Morgan fingerprint density at radius 3 is 2.21 bits per heavy atom. The highest BCUT2D eigenvalue weighted by Gasteiger charge is 2.20. The Bertz CT molecular complexity index is 520. The number of ether oxygens (including phenoxy) is 1. The Morgan fingerprint density at radius 1 is 1.16 bits per heavy atom. The van der Waals surface area contributed by atoms with Gasteiger partial charge in [0.25, 0.3) is 0 Å². The number of methoxy groups -OCH3 is 1. The molecule has 0 unspecified atom stereocenters. The number of ketones is 1. The average molecular weight is 263 g/mol. The molecule has 0 spiro atoms. The highest BCUT2D eigenvalue weighted by atomic mass is 16.5. The van der Waals surface area contributed by atoms with Gasteiger partial charge in [0, 0.05) is 11.5 Å². The molecule has 0 atom stereocenters. The second kappa shape index (κ2) is 6.13. The average Bonchev–Trinajstić information content (AvgIpc) is 2.37. The Morgan fingerprint density at radius 2 is 1.74 bits per heavy atom. The lowest BCUT2D eigenvalue weighted by Crippen LogP contribution is -2.21. The van der Waals surface area contributed by atoms with Crippen LogP contribution in [0.25, 0.3) is 0 Å². The van der Waals surface area contributed by atoms with Gasteiger partial charge >= 0.3 is 5.97 Å². The molecule has 0 aliphatic carbocycles.